The minimum Gasteiger partial charge on any atom is -0.357 e. The van der Waals surface area contributed by atoms with Gasteiger partial charge in [-0.1, -0.05) is 19.3 Å². The lowest BCUT2D eigenvalue weighted by molar-refractivity contribution is 0.203. The molecule has 0 bridgehead atoms. The molecule has 1 aromatic rings. The predicted octanol–water partition coefficient (Wildman–Crippen LogP) is 3.93. The van der Waals surface area contributed by atoms with Gasteiger partial charge in [0.2, 0.25) is 0 Å². The summed E-state index contributed by atoms with van der Waals surface area (Å²) in [6.45, 7) is 6.31. The van der Waals surface area contributed by atoms with Crippen molar-refractivity contribution in [1.29, 1.82) is 0 Å². The molecule has 1 saturated carbocycles. The lowest BCUT2D eigenvalue weighted by Gasteiger charge is -2.33. The summed E-state index contributed by atoms with van der Waals surface area (Å²) in [5.41, 5.74) is 0.587. The number of thiazole rings is 1. The van der Waals surface area contributed by atoms with Crippen LogP contribution in [0.2, 0.25) is 0 Å². The molecular formula is C17H29IN4S. The van der Waals surface area contributed by atoms with Crippen LogP contribution in [0.4, 0.5) is 0 Å². The fourth-order valence-electron chi connectivity index (χ4n) is 3.89. The molecule has 1 spiro atoms. The van der Waals surface area contributed by atoms with E-state index in [2.05, 4.69) is 22.1 Å². The van der Waals surface area contributed by atoms with Crippen LogP contribution in [0.1, 0.15) is 50.5 Å². The van der Waals surface area contributed by atoms with Crippen LogP contribution in [-0.4, -0.2) is 42.0 Å². The maximum absolute atomic E-state index is 4.85. The lowest BCUT2D eigenvalue weighted by atomic mass is 9.73. The number of nitrogens with zero attached hydrogens (tertiary/aromatic N) is 3. The third-order valence-corrected chi connectivity index (χ3v) is 5.90. The Hall–Kier alpha value is -0.370. The number of hydrogen-bond acceptors (Lipinski definition) is 3. The first-order valence-corrected chi connectivity index (χ1v) is 9.61. The van der Waals surface area contributed by atoms with E-state index in [9.17, 15) is 0 Å². The molecule has 2 heterocycles. The first kappa shape index (κ1) is 19.0. The van der Waals surface area contributed by atoms with Gasteiger partial charge >= 0.3 is 0 Å². The van der Waals surface area contributed by atoms with Crippen LogP contribution in [0.5, 0.6) is 0 Å². The molecule has 1 saturated heterocycles. The van der Waals surface area contributed by atoms with Crippen LogP contribution in [-0.2, 0) is 6.42 Å². The van der Waals surface area contributed by atoms with E-state index < -0.39 is 0 Å². The normalized spacial score (nSPS) is 20.6. The smallest absolute Gasteiger partial charge is 0.193 e. The first-order chi connectivity index (χ1) is 10.8. The highest BCUT2D eigenvalue weighted by atomic mass is 127. The van der Waals surface area contributed by atoms with Crippen LogP contribution in [0.3, 0.4) is 0 Å². The minimum absolute atomic E-state index is 0. The van der Waals surface area contributed by atoms with E-state index in [0.717, 1.165) is 25.5 Å². The molecule has 6 heteroatoms. The van der Waals surface area contributed by atoms with E-state index >= 15 is 0 Å². The first-order valence-electron chi connectivity index (χ1n) is 8.73. The molecule has 1 aliphatic heterocycles. The van der Waals surface area contributed by atoms with Crippen LogP contribution >= 0.6 is 35.3 Å². The molecule has 0 amide bonds. The number of halogens is 1. The van der Waals surface area contributed by atoms with E-state index in [1.165, 1.54) is 56.6 Å². The van der Waals surface area contributed by atoms with Crippen molar-refractivity contribution >= 4 is 41.3 Å². The van der Waals surface area contributed by atoms with Crippen molar-refractivity contribution in [2.75, 3.05) is 26.2 Å². The van der Waals surface area contributed by atoms with Crippen molar-refractivity contribution in [2.24, 2.45) is 10.4 Å². The number of aromatic nitrogens is 1. The number of hydrogen-bond donors (Lipinski definition) is 1. The molecule has 0 unspecified atom stereocenters. The zero-order valence-corrected chi connectivity index (χ0v) is 17.2. The zero-order valence-electron chi connectivity index (χ0n) is 14.1. The quantitative estimate of drug-likeness (QED) is 0.431. The third kappa shape index (κ3) is 5.05. The van der Waals surface area contributed by atoms with E-state index in [0.29, 0.717) is 5.41 Å². The van der Waals surface area contributed by atoms with Crippen LogP contribution in [0.15, 0.2) is 16.6 Å². The number of aliphatic imine (C=N–C) groups is 1. The minimum atomic E-state index is 0. The zero-order chi connectivity index (χ0) is 15.3. The molecule has 23 heavy (non-hydrogen) atoms. The van der Waals surface area contributed by atoms with Crippen molar-refractivity contribution < 1.29 is 0 Å². The van der Waals surface area contributed by atoms with Gasteiger partial charge in [0, 0.05) is 44.2 Å². The Bertz CT molecular complexity index is 483. The summed E-state index contributed by atoms with van der Waals surface area (Å²) < 4.78 is 0. The monoisotopic (exact) mass is 448 g/mol. The highest BCUT2D eigenvalue weighted by Crippen LogP contribution is 2.43. The molecule has 1 aromatic heterocycles. The Labute approximate surface area is 161 Å². The molecule has 130 valence electrons. The Balaban J connectivity index is 0.00000192. The Kier molecular flexibility index (Phi) is 7.59. The molecule has 4 nitrogen and oxygen atoms in total. The van der Waals surface area contributed by atoms with E-state index in [1.54, 1.807) is 11.3 Å². The summed E-state index contributed by atoms with van der Waals surface area (Å²) in [5, 5.41) is 6.71. The topological polar surface area (TPSA) is 40.5 Å². The second-order valence-corrected chi connectivity index (χ2v) is 7.62. The number of nitrogens with one attached hydrogen (secondary N) is 1. The largest absolute Gasteiger partial charge is 0.357 e. The molecular weight excluding hydrogens is 419 g/mol. The summed E-state index contributed by atoms with van der Waals surface area (Å²) in [4.78, 5) is 11.7. The predicted molar refractivity (Wildman–Crippen MR) is 109 cm³/mol. The van der Waals surface area contributed by atoms with Crippen LogP contribution in [0.25, 0.3) is 0 Å². The summed E-state index contributed by atoms with van der Waals surface area (Å²) >= 11 is 1.72. The maximum atomic E-state index is 4.85. The summed E-state index contributed by atoms with van der Waals surface area (Å²) in [5.74, 6) is 1.11. The SMILES string of the molecule is CCNC(=NCCc1nccs1)N1CCC2(CCCCC2)C1.I. The van der Waals surface area contributed by atoms with Crippen molar-refractivity contribution in [1.82, 2.24) is 15.2 Å². The van der Waals surface area contributed by atoms with Crippen molar-refractivity contribution in [3.05, 3.63) is 16.6 Å². The average Bonchev–Trinajstić information content (AvgIpc) is 3.18. The molecule has 2 aliphatic rings. The summed E-state index contributed by atoms with van der Waals surface area (Å²) in [7, 11) is 0. The highest BCUT2D eigenvalue weighted by molar-refractivity contribution is 14.0. The van der Waals surface area contributed by atoms with Gasteiger partial charge in [0.05, 0.1) is 5.01 Å². The fraction of sp³-hybridized carbons (Fsp3) is 0.765. The van der Waals surface area contributed by atoms with E-state index in [1.807, 2.05) is 11.6 Å². The Morgan fingerprint density at radius 1 is 1.35 bits per heavy atom. The number of rotatable bonds is 4. The average molecular weight is 448 g/mol. The van der Waals surface area contributed by atoms with E-state index in [4.69, 9.17) is 4.99 Å². The van der Waals surface area contributed by atoms with Gasteiger partial charge in [0.25, 0.3) is 0 Å². The van der Waals surface area contributed by atoms with Gasteiger partial charge in [0.15, 0.2) is 5.96 Å². The molecule has 0 aromatic carbocycles. The van der Waals surface area contributed by atoms with E-state index in [-0.39, 0.29) is 24.0 Å². The Morgan fingerprint density at radius 2 is 2.17 bits per heavy atom. The van der Waals surface area contributed by atoms with Gasteiger partial charge in [-0.15, -0.1) is 35.3 Å². The van der Waals surface area contributed by atoms with Gasteiger partial charge in [-0.25, -0.2) is 4.98 Å². The van der Waals surface area contributed by atoms with Crippen molar-refractivity contribution in [3.8, 4) is 0 Å². The lowest BCUT2D eigenvalue weighted by Crippen LogP contribution is -2.41. The molecule has 3 rings (SSSR count). The third-order valence-electron chi connectivity index (χ3n) is 5.06. The fourth-order valence-corrected chi connectivity index (χ4v) is 4.50. The van der Waals surface area contributed by atoms with Gasteiger partial charge in [-0.05, 0) is 31.6 Å². The molecule has 2 fully saturated rings. The molecule has 1 N–H and O–H groups in total. The van der Waals surface area contributed by atoms with Crippen molar-refractivity contribution in [2.45, 2.75) is 51.9 Å². The van der Waals surface area contributed by atoms with Gasteiger partial charge in [-0.3, -0.25) is 4.99 Å². The van der Waals surface area contributed by atoms with Crippen LogP contribution < -0.4 is 5.32 Å². The highest BCUT2D eigenvalue weighted by Gasteiger charge is 2.39. The Morgan fingerprint density at radius 3 is 2.87 bits per heavy atom. The summed E-state index contributed by atoms with van der Waals surface area (Å²) in [6, 6.07) is 0. The second-order valence-electron chi connectivity index (χ2n) is 6.64. The molecule has 0 radical (unpaired) electrons. The number of likely N-dealkylation sites (tertiary alicyclic amines) is 1. The second kappa shape index (κ2) is 9.20. The standard InChI is InChI=1S/C17H28N4S.HI/c1-2-18-16(20-10-6-15-19-11-13-22-15)21-12-9-17(14-21)7-4-3-5-8-17;/h11,13H,2-10,12,14H2,1H3,(H,18,20);1H. The molecule has 0 atom stereocenters. The van der Waals surface area contributed by atoms with Gasteiger partial charge in [0.1, 0.15) is 0 Å². The maximum Gasteiger partial charge on any atom is 0.193 e. The van der Waals surface area contributed by atoms with Crippen LogP contribution in [0, 0.1) is 5.41 Å². The summed E-state index contributed by atoms with van der Waals surface area (Å²) in [6.07, 6.45) is 11.3. The van der Waals surface area contributed by atoms with Gasteiger partial charge < -0.3 is 10.2 Å². The van der Waals surface area contributed by atoms with Crippen molar-refractivity contribution in [3.63, 3.8) is 0 Å². The molecule has 1 aliphatic carbocycles. The van der Waals surface area contributed by atoms with Gasteiger partial charge in [-0.2, -0.15) is 0 Å². The number of guanidine groups is 1.